The summed E-state index contributed by atoms with van der Waals surface area (Å²) in [6.45, 7) is 2.55. The van der Waals surface area contributed by atoms with Gasteiger partial charge in [0.15, 0.2) is 11.5 Å². The van der Waals surface area contributed by atoms with Crippen LogP contribution in [0.5, 0.6) is 17.2 Å². The number of hydrogen-bond acceptors (Lipinski definition) is 4. The maximum absolute atomic E-state index is 12.8. The quantitative estimate of drug-likeness (QED) is 0.806. The molecule has 1 fully saturated rings. The molecule has 0 radical (unpaired) electrons. The number of methoxy groups -OCH3 is 1. The van der Waals surface area contributed by atoms with Gasteiger partial charge in [0.2, 0.25) is 10.0 Å². The lowest BCUT2D eigenvalue weighted by atomic mass is 10.1. The molecule has 1 heterocycles. The van der Waals surface area contributed by atoms with Gasteiger partial charge in [-0.1, -0.05) is 18.6 Å². The van der Waals surface area contributed by atoms with Crippen LogP contribution in [0.1, 0.15) is 26.2 Å². The fourth-order valence-electron chi connectivity index (χ4n) is 3.07. The number of hydrogen-bond donors (Lipinski definition) is 0. The first-order valence-corrected chi connectivity index (χ1v) is 9.89. The lowest BCUT2D eigenvalue weighted by Crippen LogP contribution is -2.41. The van der Waals surface area contributed by atoms with Crippen LogP contribution >= 0.6 is 0 Å². The van der Waals surface area contributed by atoms with Crippen molar-refractivity contribution < 1.29 is 17.9 Å². The molecule has 1 aliphatic rings. The van der Waals surface area contributed by atoms with Crippen LogP contribution in [-0.2, 0) is 10.0 Å². The summed E-state index contributed by atoms with van der Waals surface area (Å²) in [7, 11) is -1.88. The third-order valence-electron chi connectivity index (χ3n) is 4.47. The van der Waals surface area contributed by atoms with Crippen molar-refractivity contribution in [1.29, 1.82) is 0 Å². The smallest absolute Gasteiger partial charge is 0.243 e. The van der Waals surface area contributed by atoms with E-state index in [4.69, 9.17) is 9.47 Å². The van der Waals surface area contributed by atoms with E-state index in [0.717, 1.165) is 19.3 Å². The molecule has 25 heavy (non-hydrogen) atoms. The second-order valence-corrected chi connectivity index (χ2v) is 8.08. The van der Waals surface area contributed by atoms with Crippen LogP contribution in [0.2, 0.25) is 0 Å². The Morgan fingerprint density at radius 1 is 1.00 bits per heavy atom. The predicted octanol–water partition coefficient (Wildman–Crippen LogP) is 4.05. The fraction of sp³-hybridized carbons (Fsp3) is 0.368. The van der Waals surface area contributed by atoms with Crippen LogP contribution in [-0.4, -0.2) is 32.4 Å². The van der Waals surface area contributed by atoms with E-state index >= 15 is 0 Å². The molecular formula is C19H23NO4S. The van der Waals surface area contributed by atoms with Crippen molar-refractivity contribution in [3.05, 3.63) is 48.5 Å². The second kappa shape index (κ2) is 7.45. The number of nitrogens with zero attached hydrogens (tertiary/aromatic N) is 1. The van der Waals surface area contributed by atoms with Crippen molar-refractivity contribution in [3.8, 4) is 17.2 Å². The number of ether oxygens (including phenoxy) is 2. The summed E-state index contributed by atoms with van der Waals surface area (Å²) in [6.07, 6.45) is 2.91. The van der Waals surface area contributed by atoms with Gasteiger partial charge in [0, 0.05) is 12.6 Å². The molecule has 6 heteroatoms. The molecule has 1 aliphatic heterocycles. The van der Waals surface area contributed by atoms with Crippen LogP contribution < -0.4 is 9.47 Å². The molecule has 1 atom stereocenters. The molecule has 134 valence electrons. The normalized spacial score (nSPS) is 18.7. The van der Waals surface area contributed by atoms with E-state index in [2.05, 4.69) is 0 Å². The van der Waals surface area contributed by atoms with Gasteiger partial charge in [-0.3, -0.25) is 0 Å². The summed E-state index contributed by atoms with van der Waals surface area (Å²) in [5, 5.41) is 0. The molecular weight excluding hydrogens is 338 g/mol. The molecule has 1 saturated heterocycles. The number of sulfonamides is 1. The Labute approximate surface area is 149 Å². The van der Waals surface area contributed by atoms with Gasteiger partial charge in [-0.15, -0.1) is 0 Å². The zero-order chi connectivity index (χ0) is 17.9. The maximum Gasteiger partial charge on any atom is 0.243 e. The summed E-state index contributed by atoms with van der Waals surface area (Å²) in [5.41, 5.74) is 0. The number of piperidine rings is 1. The standard InChI is InChI=1S/C19H23NO4S/c1-15-7-5-6-14-20(15)25(21,22)17-12-10-16(11-13-17)24-19-9-4-3-8-18(19)23-2/h3-4,8-13,15H,5-7,14H2,1-2H3/t15-/m0/s1. The molecule has 3 rings (SSSR count). The Hall–Kier alpha value is -2.05. The molecule has 0 spiro atoms. The third kappa shape index (κ3) is 3.80. The van der Waals surface area contributed by atoms with Crippen molar-refractivity contribution in [3.63, 3.8) is 0 Å². The van der Waals surface area contributed by atoms with Gasteiger partial charge in [0.1, 0.15) is 5.75 Å². The zero-order valence-electron chi connectivity index (χ0n) is 14.5. The van der Waals surface area contributed by atoms with E-state index in [0.29, 0.717) is 28.7 Å². The molecule has 0 amide bonds. The summed E-state index contributed by atoms with van der Waals surface area (Å²) in [5.74, 6) is 1.78. The van der Waals surface area contributed by atoms with Crippen molar-refractivity contribution in [2.45, 2.75) is 37.1 Å². The van der Waals surface area contributed by atoms with Gasteiger partial charge >= 0.3 is 0 Å². The Morgan fingerprint density at radius 3 is 2.32 bits per heavy atom. The highest BCUT2D eigenvalue weighted by molar-refractivity contribution is 7.89. The maximum atomic E-state index is 12.8. The summed E-state index contributed by atoms with van der Waals surface area (Å²) in [6, 6.07) is 13.9. The zero-order valence-corrected chi connectivity index (χ0v) is 15.3. The topological polar surface area (TPSA) is 55.8 Å². The van der Waals surface area contributed by atoms with E-state index < -0.39 is 10.0 Å². The minimum Gasteiger partial charge on any atom is -0.493 e. The molecule has 0 aromatic heterocycles. The van der Waals surface area contributed by atoms with E-state index in [9.17, 15) is 8.42 Å². The van der Waals surface area contributed by atoms with Crippen LogP contribution in [0, 0.1) is 0 Å². The number of benzene rings is 2. The van der Waals surface area contributed by atoms with Gasteiger partial charge in [0.05, 0.1) is 12.0 Å². The number of rotatable bonds is 5. The molecule has 0 unspecified atom stereocenters. The lowest BCUT2D eigenvalue weighted by Gasteiger charge is -2.32. The first-order valence-electron chi connectivity index (χ1n) is 8.45. The largest absolute Gasteiger partial charge is 0.493 e. The summed E-state index contributed by atoms with van der Waals surface area (Å²) < 4.78 is 38.3. The monoisotopic (exact) mass is 361 g/mol. The molecule has 5 nitrogen and oxygen atoms in total. The minimum absolute atomic E-state index is 0.0447. The highest BCUT2D eigenvalue weighted by atomic mass is 32.2. The van der Waals surface area contributed by atoms with Crippen molar-refractivity contribution in [2.75, 3.05) is 13.7 Å². The van der Waals surface area contributed by atoms with Crippen molar-refractivity contribution >= 4 is 10.0 Å². The first kappa shape index (κ1) is 17.8. The van der Waals surface area contributed by atoms with E-state index in [1.807, 2.05) is 25.1 Å². The van der Waals surface area contributed by atoms with Crippen LogP contribution in [0.3, 0.4) is 0 Å². The summed E-state index contributed by atoms with van der Waals surface area (Å²) >= 11 is 0. The molecule has 0 saturated carbocycles. The minimum atomic E-state index is -3.46. The van der Waals surface area contributed by atoms with Gasteiger partial charge in [-0.25, -0.2) is 8.42 Å². The Bertz CT molecular complexity index is 818. The van der Waals surface area contributed by atoms with Crippen LogP contribution in [0.15, 0.2) is 53.4 Å². The predicted molar refractivity (Wildman–Crippen MR) is 96.7 cm³/mol. The third-order valence-corrected chi connectivity index (χ3v) is 6.50. The average Bonchev–Trinajstić information content (AvgIpc) is 2.63. The lowest BCUT2D eigenvalue weighted by molar-refractivity contribution is 0.268. The van der Waals surface area contributed by atoms with Crippen molar-refractivity contribution in [1.82, 2.24) is 4.31 Å². The molecule has 2 aromatic carbocycles. The van der Waals surface area contributed by atoms with Crippen molar-refractivity contribution in [2.24, 2.45) is 0 Å². The first-order chi connectivity index (χ1) is 12.0. The molecule has 0 N–H and O–H groups in total. The van der Waals surface area contributed by atoms with Gasteiger partial charge in [-0.05, 0) is 56.2 Å². The number of para-hydroxylation sites is 2. The van der Waals surface area contributed by atoms with E-state index in [-0.39, 0.29) is 6.04 Å². The summed E-state index contributed by atoms with van der Waals surface area (Å²) in [4.78, 5) is 0.300. The molecule has 2 aromatic rings. The van der Waals surface area contributed by atoms with E-state index in [1.165, 1.54) is 0 Å². The highest BCUT2D eigenvalue weighted by Gasteiger charge is 2.30. The van der Waals surface area contributed by atoms with E-state index in [1.54, 1.807) is 41.7 Å². The Balaban J connectivity index is 1.80. The van der Waals surface area contributed by atoms with Crippen LogP contribution in [0.25, 0.3) is 0 Å². The highest BCUT2D eigenvalue weighted by Crippen LogP contribution is 2.32. The fourth-order valence-corrected chi connectivity index (χ4v) is 4.77. The molecule has 0 aliphatic carbocycles. The van der Waals surface area contributed by atoms with Crippen LogP contribution in [0.4, 0.5) is 0 Å². The van der Waals surface area contributed by atoms with Gasteiger partial charge in [0.25, 0.3) is 0 Å². The average molecular weight is 361 g/mol. The Morgan fingerprint density at radius 2 is 1.68 bits per heavy atom. The Kier molecular flexibility index (Phi) is 5.30. The second-order valence-electron chi connectivity index (χ2n) is 6.18. The van der Waals surface area contributed by atoms with Gasteiger partial charge in [-0.2, -0.15) is 4.31 Å². The SMILES string of the molecule is COc1ccccc1Oc1ccc(S(=O)(=O)N2CCCC[C@@H]2C)cc1. The molecule has 0 bridgehead atoms. The van der Waals surface area contributed by atoms with Gasteiger partial charge < -0.3 is 9.47 Å².